The van der Waals surface area contributed by atoms with E-state index in [-0.39, 0.29) is 18.3 Å². The lowest BCUT2D eigenvalue weighted by molar-refractivity contribution is 0.0950. The van der Waals surface area contributed by atoms with E-state index in [2.05, 4.69) is 10.3 Å². The van der Waals surface area contributed by atoms with Gasteiger partial charge in [0.05, 0.1) is 5.52 Å². The normalized spacial score (nSPS) is 10.7. The molecule has 106 valence electrons. The van der Waals surface area contributed by atoms with Gasteiger partial charge in [0.2, 0.25) is 0 Å². The van der Waals surface area contributed by atoms with Crippen LogP contribution in [-0.2, 0) is 6.54 Å². The Morgan fingerprint density at radius 2 is 2.05 bits per heavy atom. The van der Waals surface area contributed by atoms with Crippen LogP contribution < -0.4 is 11.1 Å². The van der Waals surface area contributed by atoms with E-state index in [4.69, 9.17) is 4.42 Å². The molecule has 3 rings (SSSR count). The van der Waals surface area contributed by atoms with Gasteiger partial charge in [-0.2, -0.15) is 0 Å². The van der Waals surface area contributed by atoms with Gasteiger partial charge in [-0.3, -0.25) is 9.78 Å². The van der Waals surface area contributed by atoms with Crippen molar-refractivity contribution in [1.29, 1.82) is 0 Å². The second-order valence-corrected chi connectivity index (χ2v) is 4.50. The largest absolute Gasteiger partial charge is 0.417 e. The minimum absolute atomic E-state index is 0.0840. The number of nitrogens with one attached hydrogen (secondary N) is 2. The average molecular weight is 286 g/mol. The molecule has 6 heteroatoms. The van der Waals surface area contributed by atoms with Crippen LogP contribution in [0.5, 0.6) is 0 Å². The first kappa shape index (κ1) is 13.1. The molecule has 1 aromatic heterocycles. The molecule has 1 heterocycles. The number of amides is 1. The number of aromatic nitrogens is 1. The van der Waals surface area contributed by atoms with Crippen LogP contribution in [0.15, 0.2) is 51.7 Å². The Bertz CT molecular complexity index is 866. The Kier molecular flexibility index (Phi) is 3.27. The van der Waals surface area contributed by atoms with Gasteiger partial charge in [-0.1, -0.05) is 18.2 Å². The van der Waals surface area contributed by atoms with Gasteiger partial charge in [0, 0.05) is 17.7 Å². The van der Waals surface area contributed by atoms with Crippen LogP contribution in [0.25, 0.3) is 11.1 Å². The topological polar surface area (TPSA) is 75.1 Å². The first-order chi connectivity index (χ1) is 10.1. The summed E-state index contributed by atoms with van der Waals surface area (Å²) < 4.78 is 18.3. The van der Waals surface area contributed by atoms with Crippen molar-refractivity contribution in [2.24, 2.45) is 0 Å². The van der Waals surface area contributed by atoms with Gasteiger partial charge in [0.1, 0.15) is 5.82 Å². The van der Waals surface area contributed by atoms with Crippen LogP contribution in [0.4, 0.5) is 4.39 Å². The third-order valence-electron chi connectivity index (χ3n) is 3.08. The van der Waals surface area contributed by atoms with Crippen LogP contribution in [-0.4, -0.2) is 10.9 Å². The third-order valence-corrected chi connectivity index (χ3v) is 3.08. The number of carbonyl (C=O) groups is 1. The maximum atomic E-state index is 13.4. The van der Waals surface area contributed by atoms with E-state index >= 15 is 0 Å². The quantitative estimate of drug-likeness (QED) is 0.775. The second kappa shape index (κ2) is 5.24. The van der Waals surface area contributed by atoms with Gasteiger partial charge < -0.3 is 9.73 Å². The highest BCUT2D eigenvalue weighted by Gasteiger charge is 2.09. The predicted octanol–water partition coefficient (Wildman–Crippen LogP) is 2.19. The summed E-state index contributed by atoms with van der Waals surface area (Å²) in [6.07, 6.45) is 0. The molecule has 0 saturated carbocycles. The van der Waals surface area contributed by atoms with Crippen molar-refractivity contribution in [3.8, 4) is 0 Å². The number of carbonyl (C=O) groups excluding carboxylic acids is 1. The van der Waals surface area contributed by atoms with Crippen LogP contribution in [0.2, 0.25) is 0 Å². The lowest BCUT2D eigenvalue weighted by atomic mass is 10.1. The van der Waals surface area contributed by atoms with Crippen LogP contribution in [0, 0.1) is 5.82 Å². The van der Waals surface area contributed by atoms with E-state index in [1.807, 2.05) is 0 Å². The van der Waals surface area contributed by atoms with Gasteiger partial charge in [-0.25, -0.2) is 9.18 Å². The van der Waals surface area contributed by atoms with Gasteiger partial charge in [-0.05, 0) is 24.3 Å². The molecule has 0 aliphatic rings. The zero-order valence-electron chi connectivity index (χ0n) is 10.9. The van der Waals surface area contributed by atoms with Crippen molar-refractivity contribution >= 4 is 17.0 Å². The minimum Gasteiger partial charge on any atom is -0.408 e. The molecule has 1 amide bonds. The molecular weight excluding hydrogens is 275 g/mol. The molecule has 2 N–H and O–H groups in total. The molecular formula is C15H11FN2O3. The summed E-state index contributed by atoms with van der Waals surface area (Å²) in [5.74, 6) is -1.32. The van der Waals surface area contributed by atoms with E-state index < -0.39 is 5.76 Å². The Morgan fingerprint density at radius 3 is 2.86 bits per heavy atom. The molecule has 0 bridgehead atoms. The fraction of sp³-hybridized carbons (Fsp3) is 0.0667. The lowest BCUT2D eigenvalue weighted by Crippen LogP contribution is -2.23. The molecule has 2 aromatic carbocycles. The summed E-state index contributed by atoms with van der Waals surface area (Å²) >= 11 is 0. The van der Waals surface area contributed by atoms with E-state index in [9.17, 15) is 14.0 Å². The predicted molar refractivity (Wildman–Crippen MR) is 74.4 cm³/mol. The van der Waals surface area contributed by atoms with E-state index in [1.54, 1.807) is 30.3 Å². The molecule has 0 aliphatic carbocycles. The van der Waals surface area contributed by atoms with Gasteiger partial charge in [-0.15, -0.1) is 0 Å². The van der Waals surface area contributed by atoms with Crippen LogP contribution in [0.1, 0.15) is 15.9 Å². The standard InChI is InChI=1S/C15H11FN2O3/c16-11-4-2-1-3-10(11)8-17-14(19)9-5-6-12-13(7-9)21-15(20)18-12/h1-7H,8H2,(H,17,19)(H,18,20). The van der Waals surface area contributed by atoms with Crippen LogP contribution in [0.3, 0.4) is 0 Å². The summed E-state index contributed by atoms with van der Waals surface area (Å²) in [7, 11) is 0. The fourth-order valence-electron chi connectivity index (χ4n) is 2.01. The Labute approximate surface area is 118 Å². The lowest BCUT2D eigenvalue weighted by Gasteiger charge is -2.06. The Balaban J connectivity index is 1.77. The Hall–Kier alpha value is -2.89. The summed E-state index contributed by atoms with van der Waals surface area (Å²) in [4.78, 5) is 25.6. The van der Waals surface area contributed by atoms with Crippen molar-refractivity contribution in [3.05, 3.63) is 70.0 Å². The molecule has 0 unspecified atom stereocenters. The van der Waals surface area contributed by atoms with Crippen LogP contribution >= 0.6 is 0 Å². The molecule has 0 aliphatic heterocycles. The monoisotopic (exact) mass is 286 g/mol. The highest BCUT2D eigenvalue weighted by atomic mass is 19.1. The smallest absolute Gasteiger partial charge is 0.408 e. The maximum Gasteiger partial charge on any atom is 0.417 e. The number of benzene rings is 2. The average Bonchev–Trinajstić information content (AvgIpc) is 2.85. The number of halogens is 1. The number of hydrogen-bond donors (Lipinski definition) is 2. The molecule has 0 atom stereocenters. The minimum atomic E-state index is -0.575. The van der Waals surface area contributed by atoms with Crippen molar-refractivity contribution in [3.63, 3.8) is 0 Å². The molecule has 0 saturated heterocycles. The highest BCUT2D eigenvalue weighted by Crippen LogP contribution is 2.13. The maximum absolute atomic E-state index is 13.4. The van der Waals surface area contributed by atoms with E-state index in [0.717, 1.165) is 0 Å². The molecule has 0 fully saturated rings. The first-order valence-electron chi connectivity index (χ1n) is 6.28. The van der Waals surface area contributed by atoms with Crippen molar-refractivity contribution in [2.75, 3.05) is 0 Å². The van der Waals surface area contributed by atoms with Gasteiger partial charge in [0.15, 0.2) is 5.58 Å². The molecule has 21 heavy (non-hydrogen) atoms. The summed E-state index contributed by atoms with van der Waals surface area (Å²) in [6.45, 7) is 0.0840. The first-order valence-corrected chi connectivity index (χ1v) is 6.28. The van der Waals surface area contributed by atoms with Crippen molar-refractivity contribution < 1.29 is 13.6 Å². The van der Waals surface area contributed by atoms with Gasteiger partial charge in [0.25, 0.3) is 5.91 Å². The third kappa shape index (κ3) is 2.69. The van der Waals surface area contributed by atoms with E-state index in [0.29, 0.717) is 22.2 Å². The Morgan fingerprint density at radius 1 is 1.24 bits per heavy atom. The van der Waals surface area contributed by atoms with Crippen molar-refractivity contribution in [2.45, 2.75) is 6.54 Å². The molecule has 3 aromatic rings. The molecule has 0 spiro atoms. The number of oxazole rings is 1. The number of hydrogen-bond acceptors (Lipinski definition) is 3. The molecule has 0 radical (unpaired) electrons. The zero-order chi connectivity index (χ0) is 14.8. The summed E-state index contributed by atoms with van der Waals surface area (Å²) in [5.41, 5.74) is 1.56. The van der Waals surface area contributed by atoms with Crippen molar-refractivity contribution in [1.82, 2.24) is 10.3 Å². The number of fused-ring (bicyclic) bond motifs is 1. The second-order valence-electron chi connectivity index (χ2n) is 4.50. The summed E-state index contributed by atoms with van der Waals surface area (Å²) in [6, 6.07) is 10.8. The summed E-state index contributed by atoms with van der Waals surface area (Å²) in [5, 5.41) is 2.62. The number of rotatable bonds is 3. The molecule has 5 nitrogen and oxygen atoms in total. The van der Waals surface area contributed by atoms with Gasteiger partial charge >= 0.3 is 5.76 Å². The highest BCUT2D eigenvalue weighted by molar-refractivity contribution is 5.96. The van der Waals surface area contributed by atoms with E-state index in [1.165, 1.54) is 12.1 Å². The zero-order valence-corrected chi connectivity index (χ0v) is 10.9. The number of H-pyrrole nitrogens is 1. The number of aromatic amines is 1. The fourth-order valence-corrected chi connectivity index (χ4v) is 2.01. The SMILES string of the molecule is O=C(NCc1ccccc1F)c1ccc2[nH]c(=O)oc2c1.